The van der Waals surface area contributed by atoms with E-state index >= 15 is 0 Å². The number of rotatable bonds is 18. The van der Waals surface area contributed by atoms with Gasteiger partial charge in [0.15, 0.2) is 0 Å². The summed E-state index contributed by atoms with van der Waals surface area (Å²) < 4.78 is 21.8. The summed E-state index contributed by atoms with van der Waals surface area (Å²) in [6, 6.07) is 0. The Bertz CT molecular complexity index is 1310. The second-order valence-electron chi connectivity index (χ2n) is 14.4. The van der Waals surface area contributed by atoms with Crippen LogP contribution in [0.15, 0.2) is 0 Å². The number of esters is 5. The first-order valence-electron chi connectivity index (χ1n) is 16.0. The van der Waals surface area contributed by atoms with Crippen LogP contribution in [0.4, 0.5) is 0 Å². The molecule has 0 N–H and O–H groups in total. The van der Waals surface area contributed by atoms with Crippen LogP contribution in [0.1, 0.15) is 88.5 Å². The number of alkyl halides is 4. The van der Waals surface area contributed by atoms with Gasteiger partial charge in [0.1, 0.15) is 60.8 Å². The van der Waals surface area contributed by atoms with E-state index in [1.807, 2.05) is 0 Å². The normalized spacial score (nSPS) is 14.0. The number of carbonyl (C=O) groups is 9. The Morgan fingerprint density at radius 2 is 0.811 bits per heavy atom. The van der Waals surface area contributed by atoms with E-state index in [9.17, 15) is 43.2 Å². The second kappa shape index (κ2) is 20.5. The Kier molecular flexibility index (Phi) is 19.5. The summed E-state index contributed by atoms with van der Waals surface area (Å²) in [5, 5.41) is 0.382. The topological polar surface area (TPSA) is 212 Å². The molecule has 1 aliphatic rings. The minimum absolute atomic E-state index is 0.0459. The van der Waals surface area contributed by atoms with Crippen molar-refractivity contribution >= 4 is 118 Å². The molecule has 1 aliphatic heterocycles. The molecular formula is C33H47Br4NO15. The Balaban J connectivity index is 0.00000103. The molecule has 1 heterocycles. The van der Waals surface area contributed by atoms with Gasteiger partial charge in [-0.25, -0.2) is 4.79 Å². The van der Waals surface area contributed by atoms with E-state index in [-0.39, 0.29) is 39.1 Å². The highest BCUT2D eigenvalue weighted by Crippen LogP contribution is 2.28. The maximum Gasteiger partial charge on any atom is 0.345 e. The summed E-state index contributed by atoms with van der Waals surface area (Å²) in [6.45, 7) is 13.7. The Morgan fingerprint density at radius 1 is 0.528 bits per heavy atom. The van der Waals surface area contributed by atoms with Crippen molar-refractivity contribution in [3.8, 4) is 0 Å². The fraction of sp³-hybridized carbons (Fsp3) is 0.727. The van der Waals surface area contributed by atoms with Crippen molar-refractivity contribution in [2.45, 2.75) is 106 Å². The maximum atomic E-state index is 12.7. The van der Waals surface area contributed by atoms with Gasteiger partial charge in [0.05, 0.1) is 6.61 Å². The highest BCUT2D eigenvalue weighted by Gasteiger charge is 2.45. The van der Waals surface area contributed by atoms with E-state index < -0.39 is 89.0 Å². The van der Waals surface area contributed by atoms with Gasteiger partial charge in [-0.15, -0.1) is 5.06 Å². The van der Waals surface area contributed by atoms with Gasteiger partial charge in [-0.2, -0.15) is 0 Å². The van der Waals surface area contributed by atoms with Gasteiger partial charge in [-0.05, 0) is 69.2 Å². The van der Waals surface area contributed by atoms with Crippen LogP contribution in [0.25, 0.3) is 0 Å². The first kappa shape index (κ1) is 50.5. The van der Waals surface area contributed by atoms with Crippen LogP contribution in [0, 0.1) is 10.8 Å². The molecule has 2 amide bonds. The summed E-state index contributed by atoms with van der Waals surface area (Å²) in [5.74, 6) is -5.56. The molecule has 0 bridgehead atoms. The number of carbonyl (C=O) groups excluding carboxylic acids is 9. The van der Waals surface area contributed by atoms with Crippen molar-refractivity contribution in [1.29, 1.82) is 0 Å². The molecule has 20 heteroatoms. The van der Waals surface area contributed by atoms with E-state index in [1.54, 1.807) is 55.4 Å². The summed E-state index contributed by atoms with van der Waals surface area (Å²) in [4.78, 5) is 111. The van der Waals surface area contributed by atoms with Gasteiger partial charge >= 0.3 is 35.8 Å². The maximum absolute atomic E-state index is 12.7. The number of halogens is 4. The minimum atomic E-state index is -1.65. The Labute approximate surface area is 342 Å². The lowest BCUT2D eigenvalue weighted by Gasteiger charge is -2.29. The summed E-state index contributed by atoms with van der Waals surface area (Å²) >= 11 is 12.6. The number of aldehydes is 1. The molecule has 0 radical (unpaired) electrons. The quantitative estimate of drug-likeness (QED) is 0.0459. The summed E-state index contributed by atoms with van der Waals surface area (Å²) in [5.41, 5.74) is -3.05. The van der Waals surface area contributed by atoms with Gasteiger partial charge in [-0.3, -0.25) is 33.6 Å². The van der Waals surface area contributed by atoms with Crippen LogP contribution in [0.5, 0.6) is 0 Å². The molecule has 0 atom stereocenters. The predicted octanol–water partition coefficient (Wildman–Crippen LogP) is 4.59. The van der Waals surface area contributed by atoms with Crippen LogP contribution in [0.2, 0.25) is 0 Å². The molecule has 302 valence electrons. The van der Waals surface area contributed by atoms with E-state index in [0.29, 0.717) is 11.3 Å². The van der Waals surface area contributed by atoms with Crippen molar-refractivity contribution < 1.29 is 71.7 Å². The average Bonchev–Trinajstić information content (AvgIpc) is 3.34. The van der Waals surface area contributed by atoms with Gasteiger partial charge in [0.2, 0.25) is 0 Å². The molecule has 1 fully saturated rings. The van der Waals surface area contributed by atoms with Gasteiger partial charge < -0.3 is 33.3 Å². The van der Waals surface area contributed by atoms with Gasteiger partial charge in [-0.1, -0.05) is 63.7 Å². The van der Waals surface area contributed by atoms with Gasteiger partial charge in [0.25, 0.3) is 11.8 Å². The van der Waals surface area contributed by atoms with Crippen molar-refractivity contribution in [3.63, 3.8) is 0 Å². The predicted molar refractivity (Wildman–Crippen MR) is 201 cm³/mol. The van der Waals surface area contributed by atoms with Crippen molar-refractivity contribution in [2.24, 2.45) is 10.8 Å². The second-order valence-corrected chi connectivity index (χ2v) is 22.3. The number of amides is 2. The number of ether oxygens (including phenoxy) is 5. The summed E-state index contributed by atoms with van der Waals surface area (Å²) in [6.07, 6.45) is 0.528. The smallest absolute Gasteiger partial charge is 0.345 e. The van der Waals surface area contributed by atoms with Crippen LogP contribution < -0.4 is 0 Å². The molecule has 0 unspecified atom stereocenters. The van der Waals surface area contributed by atoms with Crippen molar-refractivity contribution in [1.82, 2.24) is 5.06 Å². The molecule has 0 aliphatic carbocycles. The zero-order chi connectivity index (χ0) is 41.8. The molecule has 0 spiro atoms. The molecular weight excluding hydrogens is 970 g/mol. The SMILES string of the molecule is CC(C)(Br)C(=O)OCC(C)(COC(=O)C(C)(C)Br)C(=O)OCCC=O.CC(C)(Br)C(=O)OCC(C)(COC(=O)C(C)(C)Br)C(=O)ON1C(=O)CCC1=O. The van der Waals surface area contributed by atoms with Crippen LogP contribution in [-0.2, 0) is 71.7 Å². The van der Waals surface area contributed by atoms with E-state index in [2.05, 4.69) is 63.7 Å². The number of imide groups is 1. The third-order valence-electron chi connectivity index (χ3n) is 6.66. The molecule has 0 aromatic rings. The number of nitrogens with zero attached hydrogens (tertiary/aromatic N) is 1. The van der Waals surface area contributed by atoms with E-state index in [4.69, 9.17) is 28.5 Å². The zero-order valence-corrected chi connectivity index (χ0v) is 37.7. The monoisotopic (exact) mass is 1010 g/mol. The fourth-order valence-electron chi connectivity index (χ4n) is 3.13. The fourth-order valence-corrected chi connectivity index (χ4v) is 3.59. The molecule has 0 aromatic carbocycles. The van der Waals surface area contributed by atoms with Gasteiger partial charge in [0, 0.05) is 19.3 Å². The highest BCUT2D eigenvalue weighted by atomic mass is 79.9. The number of hydrogen-bond donors (Lipinski definition) is 0. The zero-order valence-electron chi connectivity index (χ0n) is 31.3. The lowest BCUT2D eigenvalue weighted by Crippen LogP contribution is -2.46. The molecule has 1 saturated heterocycles. The minimum Gasteiger partial charge on any atom is -0.465 e. The first-order valence-corrected chi connectivity index (χ1v) is 19.1. The lowest BCUT2D eigenvalue weighted by molar-refractivity contribution is -0.210. The third-order valence-corrected chi connectivity index (χ3v) is 7.96. The number of hydroxylamine groups is 2. The summed E-state index contributed by atoms with van der Waals surface area (Å²) in [7, 11) is 0. The molecule has 53 heavy (non-hydrogen) atoms. The van der Waals surface area contributed by atoms with Crippen molar-refractivity contribution in [2.75, 3.05) is 33.0 Å². The number of hydrogen-bond acceptors (Lipinski definition) is 15. The molecule has 1 rings (SSSR count). The third kappa shape index (κ3) is 17.7. The lowest BCUT2D eigenvalue weighted by atomic mass is 9.93. The standard InChI is InChI=1S/C17H23Br2NO8.C16H24Br2O7/c1-15(2,18)12(23)26-8-17(5,9-27-13(24)16(3,4)19)14(25)28-20-10(21)6-7-11(20)22;1-14(2,17)11(20)24-9-16(5,13(22)23-8-6-7-19)10-25-12(21)15(3,4)18/h6-9H2,1-5H3;7H,6,8-10H2,1-5H3. The van der Waals surface area contributed by atoms with Crippen LogP contribution >= 0.6 is 63.7 Å². The molecule has 0 saturated carbocycles. The Hall–Kier alpha value is -2.45. The van der Waals surface area contributed by atoms with Crippen molar-refractivity contribution in [3.05, 3.63) is 0 Å². The van der Waals surface area contributed by atoms with E-state index in [1.165, 1.54) is 13.8 Å². The first-order chi connectivity index (χ1) is 23.8. The Morgan fingerprint density at radius 3 is 1.08 bits per heavy atom. The average molecular weight is 1020 g/mol. The highest BCUT2D eigenvalue weighted by molar-refractivity contribution is 9.10. The van der Waals surface area contributed by atoms with Crippen LogP contribution in [-0.4, -0.2) is 109 Å². The van der Waals surface area contributed by atoms with Crippen LogP contribution in [0.3, 0.4) is 0 Å². The molecule has 16 nitrogen and oxygen atoms in total. The molecule has 0 aromatic heterocycles. The largest absolute Gasteiger partial charge is 0.465 e. The van der Waals surface area contributed by atoms with E-state index in [0.717, 1.165) is 0 Å².